The molecule has 3 aliphatic rings. The van der Waals surface area contributed by atoms with Gasteiger partial charge in [0.1, 0.15) is 0 Å². The van der Waals surface area contributed by atoms with Crippen LogP contribution in [0.3, 0.4) is 0 Å². The molecule has 0 unspecified atom stereocenters. The van der Waals surface area contributed by atoms with Crippen LogP contribution in [0.25, 0.3) is 0 Å². The highest BCUT2D eigenvalue weighted by atomic mass is 32.2. The highest BCUT2D eigenvalue weighted by Crippen LogP contribution is 2.30. The molecule has 0 amide bonds. The van der Waals surface area contributed by atoms with E-state index in [2.05, 4.69) is 10.00 Å². The third kappa shape index (κ3) is 2.82. The Labute approximate surface area is 136 Å². The van der Waals surface area contributed by atoms with Crippen molar-refractivity contribution in [3.05, 3.63) is 17.5 Å². The molecule has 2 atom stereocenters. The van der Waals surface area contributed by atoms with Gasteiger partial charge in [0, 0.05) is 36.9 Å². The molecule has 0 radical (unpaired) electrons. The molecule has 0 spiro atoms. The molecule has 0 aromatic carbocycles. The zero-order valence-corrected chi connectivity index (χ0v) is 14.0. The summed E-state index contributed by atoms with van der Waals surface area (Å²) < 4.78 is 32.0. The Morgan fingerprint density at radius 3 is 2.70 bits per heavy atom. The fourth-order valence-electron chi connectivity index (χ4n) is 3.98. The molecule has 1 aromatic rings. The van der Waals surface area contributed by atoms with E-state index in [0.717, 1.165) is 49.9 Å². The van der Waals surface area contributed by atoms with Crippen molar-refractivity contribution < 1.29 is 13.2 Å². The molecule has 7 nitrogen and oxygen atoms in total. The summed E-state index contributed by atoms with van der Waals surface area (Å²) in [5, 5.41) is 4.13. The Morgan fingerprint density at radius 2 is 2.00 bits per heavy atom. The van der Waals surface area contributed by atoms with Gasteiger partial charge < -0.3 is 10.5 Å². The lowest BCUT2D eigenvalue weighted by Crippen LogP contribution is -2.46. The van der Waals surface area contributed by atoms with E-state index >= 15 is 0 Å². The molecule has 4 rings (SSSR count). The van der Waals surface area contributed by atoms with Gasteiger partial charge in [0.05, 0.1) is 24.2 Å². The van der Waals surface area contributed by atoms with E-state index in [1.54, 1.807) is 6.20 Å². The van der Waals surface area contributed by atoms with Gasteiger partial charge in [-0.3, -0.25) is 4.90 Å². The van der Waals surface area contributed by atoms with Gasteiger partial charge in [-0.15, -0.1) is 0 Å². The van der Waals surface area contributed by atoms with Crippen LogP contribution in [0, 0.1) is 0 Å². The summed E-state index contributed by atoms with van der Waals surface area (Å²) in [5.41, 5.74) is 7.87. The summed E-state index contributed by atoms with van der Waals surface area (Å²) in [7, 11) is -3.33. The Bertz CT molecular complexity index is 657. The summed E-state index contributed by atoms with van der Waals surface area (Å²) in [4.78, 5) is 2.29. The average Bonchev–Trinajstić information content (AvgIpc) is 3.23. The average molecular weight is 340 g/mol. The fourth-order valence-corrected chi connectivity index (χ4v) is 5.70. The highest BCUT2D eigenvalue weighted by molar-refractivity contribution is 7.90. The van der Waals surface area contributed by atoms with Crippen molar-refractivity contribution in [2.24, 2.45) is 5.73 Å². The van der Waals surface area contributed by atoms with Gasteiger partial charge in [0.2, 0.25) is 0 Å². The van der Waals surface area contributed by atoms with Gasteiger partial charge >= 0.3 is 0 Å². The van der Waals surface area contributed by atoms with Crippen LogP contribution < -0.4 is 5.73 Å². The molecule has 1 saturated heterocycles. The Morgan fingerprint density at radius 1 is 1.22 bits per heavy atom. The predicted molar refractivity (Wildman–Crippen MR) is 85.2 cm³/mol. The summed E-state index contributed by atoms with van der Waals surface area (Å²) >= 11 is 0. The van der Waals surface area contributed by atoms with Crippen LogP contribution in [0.15, 0.2) is 6.20 Å². The maximum Gasteiger partial charge on any atom is 0.256 e. The van der Waals surface area contributed by atoms with Crippen molar-refractivity contribution in [2.45, 2.75) is 62.5 Å². The topological polar surface area (TPSA) is 90.5 Å². The van der Waals surface area contributed by atoms with Gasteiger partial charge in [0.15, 0.2) is 0 Å². The van der Waals surface area contributed by atoms with Crippen LogP contribution in [0.2, 0.25) is 0 Å². The minimum Gasteiger partial charge on any atom is -0.378 e. The van der Waals surface area contributed by atoms with Crippen molar-refractivity contribution in [3.63, 3.8) is 0 Å². The first-order valence-corrected chi connectivity index (χ1v) is 9.93. The maximum absolute atomic E-state index is 12.6. The minimum atomic E-state index is -3.33. The van der Waals surface area contributed by atoms with Crippen LogP contribution in [-0.2, 0) is 27.8 Å². The number of hydrogen-bond donors (Lipinski definition) is 1. The summed E-state index contributed by atoms with van der Waals surface area (Å²) in [6.07, 6.45) is 6.16. The quantitative estimate of drug-likeness (QED) is 0.858. The highest BCUT2D eigenvalue weighted by Gasteiger charge is 2.35. The monoisotopic (exact) mass is 340 g/mol. The van der Waals surface area contributed by atoms with E-state index < -0.39 is 10.0 Å². The Hall–Kier alpha value is -0.960. The van der Waals surface area contributed by atoms with E-state index in [1.165, 1.54) is 4.09 Å². The van der Waals surface area contributed by atoms with Crippen molar-refractivity contribution in [1.82, 2.24) is 14.1 Å². The van der Waals surface area contributed by atoms with Crippen LogP contribution in [0.1, 0.15) is 43.4 Å². The summed E-state index contributed by atoms with van der Waals surface area (Å²) in [5.74, 6) is 0. The molecule has 3 heterocycles. The number of nitrogens with two attached hydrogens (primary N) is 1. The maximum atomic E-state index is 12.6. The second kappa shape index (κ2) is 5.84. The van der Waals surface area contributed by atoms with Crippen molar-refractivity contribution in [1.29, 1.82) is 0 Å². The molecule has 2 fully saturated rings. The van der Waals surface area contributed by atoms with Crippen molar-refractivity contribution >= 4 is 10.0 Å². The lowest BCUT2D eigenvalue weighted by atomic mass is 10.1. The van der Waals surface area contributed by atoms with Gasteiger partial charge in [-0.25, -0.2) is 8.42 Å². The molecular weight excluding hydrogens is 316 g/mol. The first kappa shape index (κ1) is 15.6. The minimum absolute atomic E-state index is 0.0874. The van der Waals surface area contributed by atoms with Crippen molar-refractivity contribution in [3.8, 4) is 0 Å². The fraction of sp³-hybridized carbons (Fsp3) is 0.800. The molecule has 0 bridgehead atoms. The SMILES string of the molecule is N[C@@H]1COC[C@H](N2Cc3cn(S(=O)(=O)C4CCCC4)nc3C2)C1. The number of fused-ring (bicyclic) bond motifs is 1. The summed E-state index contributed by atoms with van der Waals surface area (Å²) in [6, 6.07) is 0.386. The van der Waals surface area contributed by atoms with Gasteiger partial charge in [-0.05, 0) is 19.3 Å². The zero-order chi connectivity index (χ0) is 16.0. The van der Waals surface area contributed by atoms with Gasteiger partial charge in [-0.2, -0.15) is 9.19 Å². The van der Waals surface area contributed by atoms with E-state index in [1.807, 2.05) is 0 Å². The summed E-state index contributed by atoms with van der Waals surface area (Å²) in [6.45, 7) is 2.74. The number of nitrogens with zero attached hydrogens (tertiary/aromatic N) is 3. The van der Waals surface area contributed by atoms with E-state index in [0.29, 0.717) is 25.8 Å². The molecule has 1 aromatic heterocycles. The molecule has 23 heavy (non-hydrogen) atoms. The second-order valence-electron chi connectivity index (χ2n) is 7.02. The Balaban J connectivity index is 1.48. The van der Waals surface area contributed by atoms with Crippen LogP contribution in [0.5, 0.6) is 0 Å². The van der Waals surface area contributed by atoms with Crippen molar-refractivity contribution in [2.75, 3.05) is 13.2 Å². The van der Waals surface area contributed by atoms with E-state index in [9.17, 15) is 8.42 Å². The lowest BCUT2D eigenvalue weighted by Gasteiger charge is -2.33. The molecule has 1 aliphatic carbocycles. The molecular formula is C15H24N4O3S. The molecule has 2 aliphatic heterocycles. The normalized spacial score (nSPS) is 30.0. The lowest BCUT2D eigenvalue weighted by molar-refractivity contribution is 0.00507. The standard InChI is InChI=1S/C15H24N4O3S/c16-12-5-13(10-22-9-12)18-6-11-7-19(17-15(11)8-18)23(20,21)14-3-1-2-4-14/h7,12-14H,1-6,8-10,16H2/t12-,13+/m0/s1. The van der Waals surface area contributed by atoms with Gasteiger partial charge in [-0.1, -0.05) is 12.8 Å². The molecule has 128 valence electrons. The van der Waals surface area contributed by atoms with Gasteiger partial charge in [0.25, 0.3) is 10.0 Å². The van der Waals surface area contributed by atoms with E-state index in [4.69, 9.17) is 10.5 Å². The number of ether oxygens (including phenoxy) is 1. The zero-order valence-electron chi connectivity index (χ0n) is 13.2. The first-order chi connectivity index (χ1) is 11.0. The third-order valence-electron chi connectivity index (χ3n) is 5.30. The van der Waals surface area contributed by atoms with Crippen LogP contribution in [-0.4, -0.2) is 53.1 Å². The number of aromatic nitrogens is 2. The molecule has 2 N–H and O–H groups in total. The molecule has 8 heteroatoms. The smallest absolute Gasteiger partial charge is 0.256 e. The van der Waals surface area contributed by atoms with Crippen LogP contribution in [0.4, 0.5) is 0 Å². The number of hydrogen-bond acceptors (Lipinski definition) is 6. The van der Waals surface area contributed by atoms with Crippen LogP contribution >= 0.6 is 0 Å². The molecule has 1 saturated carbocycles. The predicted octanol–water partition coefficient (Wildman–Crippen LogP) is 0.435. The number of rotatable bonds is 3. The Kier molecular flexibility index (Phi) is 3.95. The van der Waals surface area contributed by atoms with E-state index in [-0.39, 0.29) is 11.3 Å². The first-order valence-electron chi connectivity index (χ1n) is 8.43. The largest absolute Gasteiger partial charge is 0.378 e. The second-order valence-corrected chi connectivity index (χ2v) is 9.09. The third-order valence-corrected chi connectivity index (χ3v) is 7.32.